The number of aliphatic imine (C=N–C) groups is 1. The van der Waals surface area contributed by atoms with Crippen LogP contribution < -0.4 is 10.2 Å². The van der Waals surface area contributed by atoms with Gasteiger partial charge in [0.2, 0.25) is 5.13 Å². The molecule has 150 valence electrons. The summed E-state index contributed by atoms with van der Waals surface area (Å²) >= 11 is 1.49. The van der Waals surface area contributed by atoms with E-state index in [2.05, 4.69) is 44.4 Å². The first-order valence-corrected chi connectivity index (χ1v) is 10.1. The summed E-state index contributed by atoms with van der Waals surface area (Å²) in [6.45, 7) is 9.24. The highest BCUT2D eigenvalue weighted by molar-refractivity contribution is 14.0. The van der Waals surface area contributed by atoms with Crippen molar-refractivity contribution in [3.05, 3.63) is 41.2 Å². The molecule has 28 heavy (non-hydrogen) atoms. The topological polar surface area (TPSA) is 80.4 Å². The summed E-state index contributed by atoms with van der Waals surface area (Å²) < 4.78 is 4.39. The van der Waals surface area contributed by atoms with Crippen molar-refractivity contribution >= 4 is 46.6 Å². The van der Waals surface area contributed by atoms with Crippen LogP contribution in [0.2, 0.25) is 0 Å². The van der Waals surface area contributed by atoms with Crippen molar-refractivity contribution in [3.63, 3.8) is 0 Å². The lowest BCUT2D eigenvalue weighted by atomic mass is 10.1. The smallest absolute Gasteiger partial charge is 0.205 e. The van der Waals surface area contributed by atoms with Gasteiger partial charge in [-0.1, -0.05) is 19.1 Å². The Morgan fingerprint density at radius 1 is 1.21 bits per heavy atom. The van der Waals surface area contributed by atoms with E-state index in [9.17, 15) is 0 Å². The number of aromatic nitrogens is 2. The average Bonchev–Trinajstić information content (AvgIpc) is 3.21. The summed E-state index contributed by atoms with van der Waals surface area (Å²) in [5.74, 6) is 1.86. The molecule has 0 atom stereocenters. The highest BCUT2D eigenvalue weighted by Gasteiger charge is 2.22. The highest BCUT2D eigenvalue weighted by atomic mass is 127. The van der Waals surface area contributed by atoms with Gasteiger partial charge in [0.15, 0.2) is 5.96 Å². The maximum absolute atomic E-state index is 8.90. The first kappa shape index (κ1) is 22.4. The number of anilines is 1. The van der Waals surface area contributed by atoms with Gasteiger partial charge in [-0.05, 0) is 24.6 Å². The van der Waals surface area contributed by atoms with Crippen LogP contribution in [0.4, 0.5) is 5.13 Å². The van der Waals surface area contributed by atoms with E-state index >= 15 is 0 Å². The first-order valence-electron chi connectivity index (χ1n) is 9.33. The number of nitrogens with one attached hydrogen (secondary N) is 1. The second-order valence-corrected chi connectivity index (χ2v) is 7.03. The zero-order valence-corrected chi connectivity index (χ0v) is 19.4. The van der Waals surface area contributed by atoms with Crippen LogP contribution in [-0.4, -0.2) is 52.9 Å². The van der Waals surface area contributed by atoms with Crippen LogP contribution in [0.5, 0.6) is 0 Å². The van der Waals surface area contributed by atoms with Gasteiger partial charge in [-0.15, -0.1) is 24.0 Å². The molecule has 0 radical (unpaired) electrons. The van der Waals surface area contributed by atoms with E-state index in [1.165, 1.54) is 11.5 Å². The quantitative estimate of drug-likeness (QED) is 0.378. The van der Waals surface area contributed by atoms with Crippen molar-refractivity contribution < 1.29 is 0 Å². The summed E-state index contributed by atoms with van der Waals surface area (Å²) in [7, 11) is 0. The minimum atomic E-state index is 0. The molecule has 0 bridgehead atoms. The van der Waals surface area contributed by atoms with E-state index in [1.807, 2.05) is 24.3 Å². The second-order valence-electron chi connectivity index (χ2n) is 6.30. The number of hydrogen-bond donors (Lipinski definition) is 1. The zero-order valence-electron chi connectivity index (χ0n) is 16.3. The molecule has 0 aliphatic carbocycles. The van der Waals surface area contributed by atoms with Crippen LogP contribution in [-0.2, 0) is 13.0 Å². The summed E-state index contributed by atoms with van der Waals surface area (Å²) in [4.78, 5) is 14.0. The monoisotopic (exact) mass is 511 g/mol. The molecule has 1 aliphatic rings. The van der Waals surface area contributed by atoms with Crippen molar-refractivity contribution in [2.45, 2.75) is 26.8 Å². The lowest BCUT2D eigenvalue weighted by molar-refractivity contribution is 0.372. The van der Waals surface area contributed by atoms with Gasteiger partial charge in [-0.25, -0.2) is 9.98 Å². The van der Waals surface area contributed by atoms with Gasteiger partial charge >= 0.3 is 0 Å². The fourth-order valence-electron chi connectivity index (χ4n) is 2.90. The minimum Gasteiger partial charge on any atom is -0.357 e. The molecule has 0 amide bonds. The molecule has 0 unspecified atom stereocenters. The Morgan fingerprint density at radius 3 is 2.50 bits per heavy atom. The summed E-state index contributed by atoms with van der Waals surface area (Å²) in [6, 6.07) is 9.74. The Morgan fingerprint density at radius 2 is 1.93 bits per heavy atom. The highest BCUT2D eigenvalue weighted by Crippen LogP contribution is 2.19. The maximum Gasteiger partial charge on any atom is 0.205 e. The van der Waals surface area contributed by atoms with Crippen LogP contribution >= 0.6 is 35.5 Å². The molecule has 1 aliphatic heterocycles. The Kier molecular flexibility index (Phi) is 8.92. The average molecular weight is 511 g/mol. The molecule has 1 aromatic carbocycles. The lowest BCUT2D eigenvalue weighted by Crippen LogP contribution is -2.52. The van der Waals surface area contributed by atoms with Crippen LogP contribution in [0.15, 0.2) is 29.3 Å². The van der Waals surface area contributed by atoms with Crippen molar-refractivity contribution in [1.29, 1.82) is 5.26 Å². The molecule has 1 aromatic heterocycles. The van der Waals surface area contributed by atoms with Crippen molar-refractivity contribution in [1.82, 2.24) is 19.6 Å². The third-order valence-electron chi connectivity index (χ3n) is 4.45. The van der Waals surface area contributed by atoms with Crippen molar-refractivity contribution in [2.24, 2.45) is 4.99 Å². The Bertz CT molecular complexity index is 804. The molecule has 2 heterocycles. The normalized spacial score (nSPS) is 14.4. The molecule has 0 spiro atoms. The van der Waals surface area contributed by atoms with E-state index in [1.54, 1.807) is 0 Å². The predicted molar refractivity (Wildman–Crippen MR) is 124 cm³/mol. The van der Waals surface area contributed by atoms with Crippen molar-refractivity contribution in [3.8, 4) is 6.07 Å². The summed E-state index contributed by atoms with van der Waals surface area (Å²) in [5, 5.41) is 13.3. The second kappa shape index (κ2) is 11.2. The summed E-state index contributed by atoms with van der Waals surface area (Å²) in [5.41, 5.74) is 1.78. The van der Waals surface area contributed by atoms with Crippen LogP contribution in [0, 0.1) is 11.3 Å². The molecule has 9 heteroatoms. The molecule has 1 fully saturated rings. The number of benzene rings is 1. The fraction of sp³-hybridized carbons (Fsp3) is 0.474. The number of guanidine groups is 1. The van der Waals surface area contributed by atoms with Gasteiger partial charge < -0.3 is 15.1 Å². The van der Waals surface area contributed by atoms with Crippen molar-refractivity contribution in [2.75, 3.05) is 37.6 Å². The van der Waals surface area contributed by atoms with E-state index in [4.69, 9.17) is 10.3 Å². The first-order chi connectivity index (χ1) is 13.2. The number of halogens is 1. The third kappa shape index (κ3) is 5.78. The molecule has 7 nitrogen and oxygen atoms in total. The predicted octanol–water partition coefficient (Wildman–Crippen LogP) is 2.88. The maximum atomic E-state index is 8.90. The Balaban J connectivity index is 0.00000280. The number of nitriles is 1. The fourth-order valence-corrected chi connectivity index (χ4v) is 3.70. The molecule has 1 saturated heterocycles. The van der Waals surface area contributed by atoms with E-state index < -0.39 is 0 Å². The van der Waals surface area contributed by atoms with E-state index in [0.717, 1.165) is 61.6 Å². The molecule has 2 aromatic rings. The summed E-state index contributed by atoms with van der Waals surface area (Å²) in [6.07, 6.45) is 0.878. The SMILES string of the molecule is CCNC(=NCc1ccc(C#N)cc1)N1CCN(c2nc(CC)ns2)CC1.I. The molecule has 3 rings (SSSR count). The van der Waals surface area contributed by atoms with Gasteiger partial charge in [0, 0.05) is 50.7 Å². The standard InChI is InChI=1S/C19H25N7S.HI/c1-3-17-23-19(27-24-17)26-11-9-25(10-12-26)18(21-4-2)22-14-16-7-5-15(13-20)6-8-16;/h5-8H,3-4,9-12,14H2,1-2H3,(H,21,22);1H. The Labute approximate surface area is 187 Å². The number of nitrogens with zero attached hydrogens (tertiary/aromatic N) is 6. The number of piperazine rings is 1. The molecule has 1 N–H and O–H groups in total. The third-order valence-corrected chi connectivity index (χ3v) is 5.27. The molecular weight excluding hydrogens is 485 g/mol. The van der Waals surface area contributed by atoms with E-state index in [-0.39, 0.29) is 24.0 Å². The largest absolute Gasteiger partial charge is 0.357 e. The van der Waals surface area contributed by atoms with Gasteiger partial charge in [-0.3, -0.25) is 0 Å². The molecule has 0 saturated carbocycles. The van der Waals surface area contributed by atoms with Gasteiger partial charge in [0.1, 0.15) is 5.82 Å². The Hall–Kier alpha value is -1.93. The van der Waals surface area contributed by atoms with Crippen LogP contribution in [0.1, 0.15) is 30.8 Å². The lowest BCUT2D eigenvalue weighted by Gasteiger charge is -2.36. The number of hydrogen-bond acceptors (Lipinski definition) is 6. The zero-order chi connectivity index (χ0) is 19.1. The molecular formula is C19H26IN7S. The number of aryl methyl sites for hydroxylation is 1. The minimum absolute atomic E-state index is 0. The van der Waals surface area contributed by atoms with Gasteiger partial charge in [0.05, 0.1) is 18.2 Å². The van der Waals surface area contributed by atoms with Crippen LogP contribution in [0.25, 0.3) is 0 Å². The number of rotatable bonds is 5. The van der Waals surface area contributed by atoms with Crippen LogP contribution in [0.3, 0.4) is 0 Å². The van der Waals surface area contributed by atoms with E-state index in [0.29, 0.717) is 12.1 Å². The van der Waals surface area contributed by atoms with Gasteiger partial charge in [0.25, 0.3) is 0 Å². The van der Waals surface area contributed by atoms with Gasteiger partial charge in [-0.2, -0.15) is 9.64 Å².